The van der Waals surface area contributed by atoms with Crippen LogP contribution in [0.15, 0.2) is 29.6 Å². The molecule has 0 saturated heterocycles. The third-order valence-corrected chi connectivity index (χ3v) is 3.61. The Bertz CT molecular complexity index is 551. The molecule has 0 radical (unpaired) electrons. The van der Waals surface area contributed by atoms with E-state index in [4.69, 9.17) is 5.11 Å². The van der Waals surface area contributed by atoms with Crippen LogP contribution >= 0.6 is 11.3 Å². The molecule has 0 aliphatic carbocycles. The van der Waals surface area contributed by atoms with Gasteiger partial charge in [0.25, 0.3) is 0 Å². The standard InChI is InChI=1S/C13H14N2O2S/c1-9-5-6-18-12(9)8-14-7-10-3-2-4-11(15-10)13(16)17/h2-6,14H,7-8H2,1H3,(H,16,17). The number of thiophene rings is 1. The molecule has 0 amide bonds. The van der Waals surface area contributed by atoms with Crippen molar-refractivity contribution in [2.75, 3.05) is 0 Å². The predicted octanol–water partition coefficient (Wildman–Crippen LogP) is 2.44. The highest BCUT2D eigenvalue weighted by Gasteiger charge is 2.05. The Kier molecular flexibility index (Phi) is 4.07. The van der Waals surface area contributed by atoms with Gasteiger partial charge < -0.3 is 10.4 Å². The molecule has 0 fully saturated rings. The Morgan fingerprint density at radius 1 is 1.39 bits per heavy atom. The Morgan fingerprint density at radius 3 is 2.89 bits per heavy atom. The summed E-state index contributed by atoms with van der Waals surface area (Å²) in [6.07, 6.45) is 0. The van der Waals surface area contributed by atoms with Crippen molar-refractivity contribution in [2.45, 2.75) is 20.0 Å². The van der Waals surface area contributed by atoms with E-state index in [2.05, 4.69) is 28.7 Å². The number of pyridine rings is 1. The third kappa shape index (κ3) is 3.15. The molecule has 0 aromatic carbocycles. The van der Waals surface area contributed by atoms with E-state index >= 15 is 0 Å². The van der Waals surface area contributed by atoms with E-state index in [9.17, 15) is 4.79 Å². The summed E-state index contributed by atoms with van der Waals surface area (Å²) in [5.74, 6) is -0.994. The lowest BCUT2D eigenvalue weighted by atomic mass is 10.2. The second-order valence-electron chi connectivity index (χ2n) is 3.95. The number of nitrogens with zero attached hydrogens (tertiary/aromatic N) is 1. The second kappa shape index (κ2) is 5.75. The minimum absolute atomic E-state index is 0.0848. The average molecular weight is 262 g/mol. The van der Waals surface area contributed by atoms with Gasteiger partial charge in [-0.1, -0.05) is 6.07 Å². The number of carboxylic acids is 1. The van der Waals surface area contributed by atoms with Crippen LogP contribution in [0.2, 0.25) is 0 Å². The number of aromatic nitrogens is 1. The smallest absolute Gasteiger partial charge is 0.354 e. The molecule has 2 rings (SSSR count). The fraction of sp³-hybridized carbons (Fsp3) is 0.231. The van der Waals surface area contributed by atoms with Gasteiger partial charge in [-0.15, -0.1) is 11.3 Å². The van der Waals surface area contributed by atoms with Crippen LogP contribution in [-0.4, -0.2) is 16.1 Å². The highest BCUT2D eigenvalue weighted by molar-refractivity contribution is 7.10. The van der Waals surface area contributed by atoms with E-state index in [1.807, 2.05) is 6.07 Å². The SMILES string of the molecule is Cc1ccsc1CNCc1cccc(C(=O)O)n1. The number of hydrogen-bond donors (Lipinski definition) is 2. The van der Waals surface area contributed by atoms with Crippen molar-refractivity contribution in [3.8, 4) is 0 Å². The molecule has 4 nitrogen and oxygen atoms in total. The van der Waals surface area contributed by atoms with Gasteiger partial charge in [-0.05, 0) is 36.1 Å². The minimum Gasteiger partial charge on any atom is -0.477 e. The van der Waals surface area contributed by atoms with Gasteiger partial charge in [0.05, 0.1) is 5.69 Å². The number of carbonyl (C=O) groups is 1. The summed E-state index contributed by atoms with van der Waals surface area (Å²) in [7, 11) is 0. The Balaban J connectivity index is 1.92. The molecule has 18 heavy (non-hydrogen) atoms. The van der Waals surface area contributed by atoms with Crippen molar-refractivity contribution in [1.82, 2.24) is 10.3 Å². The maximum Gasteiger partial charge on any atom is 0.354 e. The molecule has 0 unspecified atom stereocenters. The summed E-state index contributed by atoms with van der Waals surface area (Å²) < 4.78 is 0. The molecular weight excluding hydrogens is 248 g/mol. The summed E-state index contributed by atoms with van der Waals surface area (Å²) in [5, 5.41) is 14.2. The Labute approximate surface area is 109 Å². The van der Waals surface area contributed by atoms with Crippen LogP contribution in [-0.2, 0) is 13.1 Å². The quantitative estimate of drug-likeness (QED) is 0.868. The normalized spacial score (nSPS) is 10.5. The number of aromatic carboxylic acids is 1. The van der Waals surface area contributed by atoms with Gasteiger partial charge in [0.2, 0.25) is 0 Å². The fourth-order valence-corrected chi connectivity index (χ4v) is 2.46. The van der Waals surface area contributed by atoms with E-state index in [1.165, 1.54) is 16.5 Å². The van der Waals surface area contributed by atoms with Crippen molar-refractivity contribution < 1.29 is 9.90 Å². The van der Waals surface area contributed by atoms with E-state index in [0.29, 0.717) is 6.54 Å². The molecule has 0 aliphatic rings. The minimum atomic E-state index is -0.994. The number of nitrogens with one attached hydrogen (secondary N) is 1. The highest BCUT2D eigenvalue weighted by atomic mass is 32.1. The summed E-state index contributed by atoms with van der Waals surface area (Å²) in [4.78, 5) is 16.1. The fourth-order valence-electron chi connectivity index (χ4n) is 1.59. The van der Waals surface area contributed by atoms with Crippen molar-refractivity contribution >= 4 is 17.3 Å². The first-order chi connectivity index (χ1) is 8.66. The van der Waals surface area contributed by atoms with Gasteiger partial charge in [-0.25, -0.2) is 9.78 Å². The molecule has 0 bridgehead atoms. The number of hydrogen-bond acceptors (Lipinski definition) is 4. The lowest BCUT2D eigenvalue weighted by Gasteiger charge is -2.04. The van der Waals surface area contributed by atoms with Crippen LogP contribution in [0.4, 0.5) is 0 Å². The molecule has 0 aliphatic heterocycles. The van der Waals surface area contributed by atoms with Crippen LogP contribution in [0, 0.1) is 6.92 Å². The lowest BCUT2D eigenvalue weighted by Crippen LogP contribution is -2.14. The second-order valence-corrected chi connectivity index (χ2v) is 4.95. The van der Waals surface area contributed by atoms with Crippen molar-refractivity contribution in [3.63, 3.8) is 0 Å². The van der Waals surface area contributed by atoms with Crippen molar-refractivity contribution in [3.05, 3.63) is 51.5 Å². The third-order valence-electron chi connectivity index (χ3n) is 2.59. The molecule has 2 N–H and O–H groups in total. The Morgan fingerprint density at radius 2 is 2.22 bits per heavy atom. The van der Waals surface area contributed by atoms with Crippen LogP contribution < -0.4 is 5.32 Å². The maximum atomic E-state index is 10.8. The topological polar surface area (TPSA) is 62.2 Å². The number of rotatable bonds is 5. The molecule has 2 aromatic rings. The molecule has 0 spiro atoms. The zero-order valence-electron chi connectivity index (χ0n) is 10.0. The van der Waals surface area contributed by atoms with Crippen molar-refractivity contribution in [2.24, 2.45) is 0 Å². The Hall–Kier alpha value is -1.72. The lowest BCUT2D eigenvalue weighted by molar-refractivity contribution is 0.0690. The van der Waals surface area contributed by atoms with Crippen LogP contribution in [0.25, 0.3) is 0 Å². The highest BCUT2D eigenvalue weighted by Crippen LogP contribution is 2.14. The summed E-state index contributed by atoms with van der Waals surface area (Å²) in [6.45, 7) is 3.43. The predicted molar refractivity (Wildman–Crippen MR) is 70.8 cm³/mol. The molecule has 2 aromatic heterocycles. The monoisotopic (exact) mass is 262 g/mol. The first kappa shape index (κ1) is 12.7. The molecule has 5 heteroatoms. The number of carboxylic acid groups (broad SMARTS) is 1. The first-order valence-electron chi connectivity index (χ1n) is 5.60. The molecule has 0 saturated carbocycles. The summed E-state index contributed by atoms with van der Waals surface area (Å²) in [6, 6.07) is 7.12. The van der Waals surface area contributed by atoms with E-state index < -0.39 is 5.97 Å². The average Bonchev–Trinajstić information content (AvgIpc) is 2.76. The van der Waals surface area contributed by atoms with Crippen LogP contribution in [0.1, 0.15) is 26.6 Å². The van der Waals surface area contributed by atoms with Gasteiger partial charge in [-0.2, -0.15) is 0 Å². The van der Waals surface area contributed by atoms with Crippen LogP contribution in [0.3, 0.4) is 0 Å². The van der Waals surface area contributed by atoms with Gasteiger partial charge in [0.15, 0.2) is 0 Å². The zero-order valence-corrected chi connectivity index (χ0v) is 10.8. The maximum absolute atomic E-state index is 10.8. The number of aryl methyl sites for hydroxylation is 1. The first-order valence-corrected chi connectivity index (χ1v) is 6.47. The molecular formula is C13H14N2O2S. The molecule has 0 atom stereocenters. The summed E-state index contributed by atoms with van der Waals surface area (Å²) in [5.41, 5.74) is 2.10. The zero-order chi connectivity index (χ0) is 13.0. The van der Waals surface area contributed by atoms with Crippen LogP contribution in [0.5, 0.6) is 0 Å². The van der Waals surface area contributed by atoms with Gasteiger partial charge in [0, 0.05) is 18.0 Å². The van der Waals surface area contributed by atoms with E-state index in [-0.39, 0.29) is 5.69 Å². The molecule has 94 valence electrons. The van der Waals surface area contributed by atoms with E-state index in [0.717, 1.165) is 12.2 Å². The van der Waals surface area contributed by atoms with Crippen molar-refractivity contribution in [1.29, 1.82) is 0 Å². The summed E-state index contributed by atoms with van der Waals surface area (Å²) >= 11 is 1.72. The van der Waals surface area contributed by atoms with Gasteiger partial charge in [-0.3, -0.25) is 0 Å². The van der Waals surface area contributed by atoms with E-state index in [1.54, 1.807) is 17.4 Å². The van der Waals surface area contributed by atoms with Gasteiger partial charge >= 0.3 is 5.97 Å². The van der Waals surface area contributed by atoms with Gasteiger partial charge in [0.1, 0.15) is 5.69 Å². The largest absolute Gasteiger partial charge is 0.477 e. The molecule has 2 heterocycles.